The number of aryl methyl sites for hydroxylation is 2. The first-order chi connectivity index (χ1) is 9.93. The molecule has 2 heterocycles. The zero-order valence-corrected chi connectivity index (χ0v) is 11.3. The van der Waals surface area contributed by atoms with Crippen LogP contribution in [0.15, 0.2) is 18.5 Å². The van der Waals surface area contributed by atoms with Gasteiger partial charge in [0.05, 0.1) is 16.7 Å². The Labute approximate surface area is 118 Å². The summed E-state index contributed by atoms with van der Waals surface area (Å²) < 4.78 is 6.77. The average Bonchev–Trinajstić information content (AvgIpc) is 2.75. The number of pyridine rings is 1. The third-order valence-electron chi connectivity index (χ3n) is 2.71. The molecule has 0 saturated carbocycles. The number of nitro groups is 1. The third-order valence-corrected chi connectivity index (χ3v) is 2.71. The predicted octanol–water partition coefficient (Wildman–Crippen LogP) is 2.01. The molecule has 0 saturated heterocycles. The number of ether oxygens (including phenoxy) is 1. The van der Waals surface area contributed by atoms with E-state index in [1.165, 1.54) is 23.9 Å². The summed E-state index contributed by atoms with van der Waals surface area (Å²) in [6.45, 7) is 3.63. The molecule has 0 aliphatic carbocycles. The summed E-state index contributed by atoms with van der Waals surface area (Å²) in [4.78, 5) is 25.1. The Morgan fingerprint density at radius 1 is 1.52 bits per heavy atom. The van der Waals surface area contributed by atoms with E-state index in [2.05, 4.69) is 10.1 Å². The fraction of sp³-hybridized carbons (Fsp3) is 0.250. The number of aromatic carboxylic acids is 1. The second kappa shape index (κ2) is 5.57. The number of carbonyl (C=O) groups is 1. The minimum Gasteiger partial charge on any atom is -0.478 e. The minimum absolute atomic E-state index is 0.0515. The molecule has 0 aromatic carbocycles. The zero-order valence-electron chi connectivity index (χ0n) is 11.3. The lowest BCUT2D eigenvalue weighted by atomic mass is 10.3. The van der Waals surface area contributed by atoms with Crippen LogP contribution in [-0.2, 0) is 6.54 Å². The Kier molecular flexibility index (Phi) is 3.83. The van der Waals surface area contributed by atoms with Crippen molar-refractivity contribution in [3.63, 3.8) is 0 Å². The van der Waals surface area contributed by atoms with Crippen molar-refractivity contribution in [2.24, 2.45) is 0 Å². The fourth-order valence-corrected chi connectivity index (χ4v) is 1.78. The van der Waals surface area contributed by atoms with Gasteiger partial charge in [0.2, 0.25) is 0 Å². The summed E-state index contributed by atoms with van der Waals surface area (Å²) in [6, 6.07) is 1.24. The number of carboxylic acid groups (broad SMARTS) is 1. The molecule has 9 heteroatoms. The van der Waals surface area contributed by atoms with Gasteiger partial charge in [0.15, 0.2) is 0 Å². The van der Waals surface area contributed by atoms with E-state index in [-0.39, 0.29) is 28.6 Å². The minimum atomic E-state index is -1.16. The standard InChI is InChI=1S/C12H12N4O5/c1-3-15-11(10(16(19)20)7(2)14-15)21-9-4-8(12(17)18)5-13-6-9/h4-6H,3H2,1-2H3,(H,17,18). The Morgan fingerprint density at radius 2 is 2.24 bits per heavy atom. The van der Waals surface area contributed by atoms with E-state index in [1.54, 1.807) is 6.92 Å². The van der Waals surface area contributed by atoms with E-state index in [4.69, 9.17) is 9.84 Å². The van der Waals surface area contributed by atoms with Gasteiger partial charge >= 0.3 is 11.7 Å². The molecule has 2 aromatic heterocycles. The van der Waals surface area contributed by atoms with Gasteiger partial charge in [-0.3, -0.25) is 15.1 Å². The van der Waals surface area contributed by atoms with Crippen molar-refractivity contribution < 1.29 is 19.6 Å². The molecule has 0 bridgehead atoms. The van der Waals surface area contributed by atoms with Crippen molar-refractivity contribution in [3.8, 4) is 11.6 Å². The SMILES string of the molecule is CCn1nc(C)c([N+](=O)[O-])c1Oc1cncc(C(=O)O)c1. The lowest BCUT2D eigenvalue weighted by molar-refractivity contribution is -0.386. The van der Waals surface area contributed by atoms with Crippen LogP contribution in [0, 0.1) is 17.0 Å². The Morgan fingerprint density at radius 3 is 2.81 bits per heavy atom. The van der Waals surface area contributed by atoms with E-state index in [9.17, 15) is 14.9 Å². The summed E-state index contributed by atoms with van der Waals surface area (Å²) >= 11 is 0. The van der Waals surface area contributed by atoms with Crippen LogP contribution in [0.5, 0.6) is 11.6 Å². The number of aromatic nitrogens is 3. The lowest BCUT2D eigenvalue weighted by Gasteiger charge is -2.06. The molecule has 0 radical (unpaired) electrons. The maximum Gasteiger partial charge on any atom is 0.353 e. The highest BCUT2D eigenvalue weighted by atomic mass is 16.6. The Balaban J connectivity index is 2.46. The number of rotatable bonds is 5. The summed E-state index contributed by atoms with van der Waals surface area (Å²) in [6.07, 6.45) is 2.43. The number of hydrogen-bond donors (Lipinski definition) is 1. The second-order valence-electron chi connectivity index (χ2n) is 4.13. The molecule has 21 heavy (non-hydrogen) atoms. The van der Waals surface area contributed by atoms with Crippen molar-refractivity contribution in [2.75, 3.05) is 0 Å². The van der Waals surface area contributed by atoms with Crippen molar-refractivity contribution >= 4 is 11.7 Å². The maximum atomic E-state index is 11.1. The van der Waals surface area contributed by atoms with Crippen molar-refractivity contribution in [1.82, 2.24) is 14.8 Å². The molecule has 0 atom stereocenters. The highest BCUT2D eigenvalue weighted by Crippen LogP contribution is 2.34. The highest BCUT2D eigenvalue weighted by Gasteiger charge is 2.27. The first-order valence-electron chi connectivity index (χ1n) is 6.02. The van der Waals surface area contributed by atoms with Gasteiger partial charge in [-0.2, -0.15) is 5.10 Å². The smallest absolute Gasteiger partial charge is 0.353 e. The van der Waals surface area contributed by atoms with Gasteiger partial charge in [0.25, 0.3) is 5.88 Å². The molecular weight excluding hydrogens is 280 g/mol. The van der Waals surface area contributed by atoms with Gasteiger partial charge in [-0.25, -0.2) is 9.48 Å². The van der Waals surface area contributed by atoms with E-state index >= 15 is 0 Å². The maximum absolute atomic E-state index is 11.1. The van der Waals surface area contributed by atoms with Crippen molar-refractivity contribution in [2.45, 2.75) is 20.4 Å². The Hall–Kier alpha value is -2.97. The van der Waals surface area contributed by atoms with E-state index < -0.39 is 10.9 Å². The molecule has 2 aromatic rings. The molecule has 0 aliphatic rings. The topological polar surface area (TPSA) is 120 Å². The van der Waals surface area contributed by atoms with Crippen LogP contribution in [-0.4, -0.2) is 30.8 Å². The summed E-state index contributed by atoms with van der Waals surface area (Å²) in [5.74, 6) is -1.13. The molecule has 2 rings (SSSR count). The number of carboxylic acids is 1. The highest BCUT2D eigenvalue weighted by molar-refractivity contribution is 5.87. The molecule has 110 valence electrons. The first kappa shape index (κ1) is 14.4. The molecule has 0 aliphatic heterocycles. The van der Waals surface area contributed by atoms with Crippen LogP contribution in [0.25, 0.3) is 0 Å². The average molecular weight is 292 g/mol. The molecule has 0 spiro atoms. The summed E-state index contributed by atoms with van der Waals surface area (Å²) in [5.41, 5.74) is -0.105. The van der Waals surface area contributed by atoms with Gasteiger partial charge in [0, 0.05) is 12.7 Å². The molecule has 1 N–H and O–H groups in total. The Bertz CT molecular complexity index is 710. The lowest BCUT2D eigenvalue weighted by Crippen LogP contribution is -2.02. The normalized spacial score (nSPS) is 10.4. The molecular formula is C12H12N4O5. The number of hydrogen-bond acceptors (Lipinski definition) is 6. The van der Waals surface area contributed by atoms with Crippen LogP contribution in [0.2, 0.25) is 0 Å². The van der Waals surface area contributed by atoms with Crippen molar-refractivity contribution in [1.29, 1.82) is 0 Å². The largest absolute Gasteiger partial charge is 0.478 e. The van der Waals surface area contributed by atoms with E-state index in [1.807, 2.05) is 0 Å². The van der Waals surface area contributed by atoms with Crippen molar-refractivity contribution in [3.05, 3.63) is 39.8 Å². The molecule has 0 fully saturated rings. The quantitative estimate of drug-likeness (QED) is 0.660. The zero-order chi connectivity index (χ0) is 15.6. The van der Waals surface area contributed by atoms with Gasteiger partial charge in [-0.1, -0.05) is 0 Å². The number of nitrogens with zero attached hydrogens (tertiary/aromatic N) is 4. The third kappa shape index (κ3) is 2.81. The predicted molar refractivity (Wildman–Crippen MR) is 70.6 cm³/mol. The summed E-state index contributed by atoms with van der Waals surface area (Å²) in [7, 11) is 0. The van der Waals surface area contributed by atoms with Crippen LogP contribution in [0.3, 0.4) is 0 Å². The van der Waals surface area contributed by atoms with Gasteiger partial charge < -0.3 is 9.84 Å². The van der Waals surface area contributed by atoms with Gasteiger partial charge in [-0.05, 0) is 19.9 Å². The fourth-order valence-electron chi connectivity index (χ4n) is 1.78. The van der Waals surface area contributed by atoms with E-state index in [0.29, 0.717) is 6.54 Å². The van der Waals surface area contributed by atoms with Crippen LogP contribution >= 0.6 is 0 Å². The monoisotopic (exact) mass is 292 g/mol. The van der Waals surface area contributed by atoms with Gasteiger partial charge in [0.1, 0.15) is 11.4 Å². The second-order valence-corrected chi connectivity index (χ2v) is 4.13. The van der Waals surface area contributed by atoms with E-state index in [0.717, 1.165) is 6.20 Å². The van der Waals surface area contributed by atoms with Gasteiger partial charge in [-0.15, -0.1) is 0 Å². The van der Waals surface area contributed by atoms with Crippen LogP contribution in [0.4, 0.5) is 5.69 Å². The summed E-state index contributed by atoms with van der Waals surface area (Å²) in [5, 5.41) is 24.0. The molecule has 0 amide bonds. The molecule has 0 unspecified atom stereocenters. The van der Waals surface area contributed by atoms with Crippen LogP contribution in [0.1, 0.15) is 23.0 Å². The first-order valence-corrected chi connectivity index (χ1v) is 6.02. The molecule has 9 nitrogen and oxygen atoms in total. The van der Waals surface area contributed by atoms with Crippen LogP contribution < -0.4 is 4.74 Å².